The summed E-state index contributed by atoms with van der Waals surface area (Å²) < 4.78 is 12.6. The molecule has 0 saturated heterocycles. The van der Waals surface area contributed by atoms with Gasteiger partial charge in [0.05, 0.1) is 31.9 Å². The molecule has 0 radical (unpaired) electrons. The van der Waals surface area contributed by atoms with E-state index in [1.54, 1.807) is 6.08 Å². The van der Waals surface area contributed by atoms with E-state index in [2.05, 4.69) is 60.4 Å². The topological polar surface area (TPSA) is 38.8 Å². The third-order valence-electron chi connectivity index (χ3n) is 6.53. The zero-order valence-corrected chi connectivity index (χ0v) is 19.9. The fraction of sp³-hybridized carbons (Fsp3) is 0.300. The highest BCUT2D eigenvalue weighted by atomic mass is 16.5. The fourth-order valence-electron chi connectivity index (χ4n) is 4.53. The minimum atomic E-state index is -0.279. The highest BCUT2D eigenvalue weighted by molar-refractivity contribution is 5.92. The van der Waals surface area contributed by atoms with Crippen LogP contribution in [0.5, 0.6) is 0 Å². The van der Waals surface area contributed by atoms with E-state index in [0.717, 1.165) is 11.1 Å². The van der Waals surface area contributed by atoms with E-state index in [4.69, 9.17) is 9.47 Å². The summed E-state index contributed by atoms with van der Waals surface area (Å²) in [5.74, 6) is -0.0878. The monoisotopic (exact) mass is 455 g/mol. The normalized spacial score (nSPS) is 19.7. The second kappa shape index (κ2) is 11.8. The van der Waals surface area contributed by atoms with E-state index < -0.39 is 0 Å². The molecule has 1 heterocycles. The van der Waals surface area contributed by atoms with Crippen molar-refractivity contribution >= 4 is 5.78 Å². The molecular weight excluding hydrogens is 422 g/mol. The van der Waals surface area contributed by atoms with Crippen molar-refractivity contribution in [2.75, 3.05) is 6.61 Å². The Morgan fingerprint density at radius 2 is 1.38 bits per heavy atom. The van der Waals surface area contributed by atoms with Crippen molar-refractivity contribution in [2.45, 2.75) is 45.2 Å². The van der Waals surface area contributed by atoms with E-state index in [1.807, 2.05) is 55.6 Å². The molecule has 0 aliphatic carbocycles. The van der Waals surface area contributed by atoms with E-state index in [0.29, 0.717) is 19.8 Å². The maximum Gasteiger partial charge on any atom is 0.162 e. The summed E-state index contributed by atoms with van der Waals surface area (Å²) in [6, 6.07) is 30.6. The molecule has 4 heteroatoms. The first-order valence-corrected chi connectivity index (χ1v) is 11.9. The summed E-state index contributed by atoms with van der Waals surface area (Å²) in [5, 5.41) is 0. The zero-order valence-electron chi connectivity index (χ0n) is 19.9. The molecule has 0 fully saturated rings. The van der Waals surface area contributed by atoms with Gasteiger partial charge in [-0.1, -0.05) is 97.9 Å². The summed E-state index contributed by atoms with van der Waals surface area (Å²) in [6.45, 7) is 5.54. The lowest BCUT2D eigenvalue weighted by Crippen LogP contribution is -2.52. The number of nitrogens with zero attached hydrogens (tertiary/aromatic N) is 1. The molecule has 4 nitrogen and oxygen atoms in total. The number of allylic oxidation sites excluding steroid dienone is 1. The highest BCUT2D eigenvalue weighted by Gasteiger charge is 2.39. The van der Waals surface area contributed by atoms with Gasteiger partial charge in [-0.15, -0.1) is 0 Å². The smallest absolute Gasteiger partial charge is 0.162 e. The fourth-order valence-corrected chi connectivity index (χ4v) is 4.53. The van der Waals surface area contributed by atoms with Crippen LogP contribution in [0.1, 0.15) is 36.6 Å². The molecule has 176 valence electrons. The predicted octanol–water partition coefficient (Wildman–Crippen LogP) is 5.95. The SMILES string of the molecule is C[C@@H]1C(=O)C=CN([C@@H](C)c2ccccc2)[C@H]1[C@@H](COCc1ccccc1)OCc1ccccc1. The van der Waals surface area contributed by atoms with Crippen molar-refractivity contribution < 1.29 is 14.3 Å². The average Bonchev–Trinajstić information content (AvgIpc) is 2.89. The molecule has 4 atom stereocenters. The Kier molecular flexibility index (Phi) is 8.29. The van der Waals surface area contributed by atoms with Crippen LogP contribution >= 0.6 is 0 Å². The second-order valence-corrected chi connectivity index (χ2v) is 8.87. The molecule has 0 N–H and O–H groups in total. The van der Waals surface area contributed by atoms with E-state index in [9.17, 15) is 4.79 Å². The number of carbonyl (C=O) groups excluding carboxylic acids is 1. The number of rotatable bonds is 10. The Hall–Kier alpha value is -3.21. The Morgan fingerprint density at radius 1 is 0.824 bits per heavy atom. The van der Waals surface area contributed by atoms with Gasteiger partial charge in [0, 0.05) is 12.1 Å². The van der Waals surface area contributed by atoms with E-state index in [1.165, 1.54) is 5.56 Å². The van der Waals surface area contributed by atoms with Crippen LogP contribution in [0.15, 0.2) is 103 Å². The van der Waals surface area contributed by atoms with Gasteiger partial charge in [-0.2, -0.15) is 0 Å². The summed E-state index contributed by atoms with van der Waals surface area (Å²) in [6.07, 6.45) is 3.35. The van der Waals surface area contributed by atoms with Crippen LogP contribution in [-0.4, -0.2) is 29.4 Å². The van der Waals surface area contributed by atoms with Crippen LogP contribution in [0.25, 0.3) is 0 Å². The first-order chi connectivity index (χ1) is 16.6. The Labute approximate surface area is 202 Å². The lowest BCUT2D eigenvalue weighted by atomic mass is 9.87. The van der Waals surface area contributed by atoms with Crippen LogP contribution in [-0.2, 0) is 27.5 Å². The zero-order chi connectivity index (χ0) is 23.8. The Bertz CT molecular complexity index is 1050. The van der Waals surface area contributed by atoms with Crippen molar-refractivity contribution in [3.05, 3.63) is 120 Å². The third-order valence-corrected chi connectivity index (χ3v) is 6.53. The first kappa shape index (κ1) is 23.9. The van der Waals surface area contributed by atoms with Crippen molar-refractivity contribution in [3.63, 3.8) is 0 Å². The largest absolute Gasteiger partial charge is 0.374 e. The Morgan fingerprint density at radius 3 is 2.00 bits per heavy atom. The molecule has 0 bridgehead atoms. The van der Waals surface area contributed by atoms with Crippen LogP contribution in [0.2, 0.25) is 0 Å². The molecule has 34 heavy (non-hydrogen) atoms. The molecule has 1 aliphatic rings. The van der Waals surface area contributed by atoms with E-state index in [-0.39, 0.29) is 29.9 Å². The molecule has 3 aromatic carbocycles. The van der Waals surface area contributed by atoms with Crippen LogP contribution in [0.3, 0.4) is 0 Å². The number of ketones is 1. The first-order valence-electron chi connectivity index (χ1n) is 11.9. The van der Waals surface area contributed by atoms with Gasteiger partial charge in [-0.25, -0.2) is 0 Å². The van der Waals surface area contributed by atoms with E-state index >= 15 is 0 Å². The molecule has 4 rings (SSSR count). The molecule has 0 aromatic heterocycles. The summed E-state index contributed by atoms with van der Waals surface area (Å²) in [5.41, 5.74) is 3.42. The molecule has 0 spiro atoms. The van der Waals surface area contributed by atoms with Crippen molar-refractivity contribution in [1.29, 1.82) is 0 Å². The summed E-state index contributed by atoms with van der Waals surface area (Å²) >= 11 is 0. The molecule has 0 unspecified atom stereocenters. The average molecular weight is 456 g/mol. The summed E-state index contributed by atoms with van der Waals surface area (Å²) in [4.78, 5) is 15.0. The van der Waals surface area contributed by atoms with Crippen LogP contribution < -0.4 is 0 Å². The lowest BCUT2D eigenvalue weighted by Gasteiger charge is -2.44. The highest BCUT2D eigenvalue weighted by Crippen LogP contribution is 2.32. The van der Waals surface area contributed by atoms with Gasteiger partial charge < -0.3 is 14.4 Å². The third kappa shape index (κ3) is 6.02. The van der Waals surface area contributed by atoms with Gasteiger partial charge in [-0.3, -0.25) is 4.79 Å². The molecule has 0 amide bonds. The van der Waals surface area contributed by atoms with Gasteiger partial charge in [0.15, 0.2) is 5.78 Å². The standard InChI is InChI=1S/C30H33NO3/c1-23-28(32)18-19-31(24(2)27-16-10-5-11-17-27)30(23)29(34-21-26-14-8-4-9-15-26)22-33-20-25-12-6-3-7-13-25/h3-19,23-24,29-30H,20-22H2,1-2H3/t23-,24+,29-,30-/m1/s1. The van der Waals surface area contributed by atoms with Gasteiger partial charge in [0.25, 0.3) is 0 Å². The van der Waals surface area contributed by atoms with Gasteiger partial charge in [0.2, 0.25) is 0 Å². The minimum absolute atomic E-state index is 0.0925. The van der Waals surface area contributed by atoms with Crippen molar-refractivity contribution in [1.82, 2.24) is 4.90 Å². The number of carbonyl (C=O) groups is 1. The lowest BCUT2D eigenvalue weighted by molar-refractivity contribution is -0.128. The number of benzene rings is 3. The molecule has 3 aromatic rings. The van der Waals surface area contributed by atoms with Crippen LogP contribution in [0, 0.1) is 5.92 Å². The second-order valence-electron chi connectivity index (χ2n) is 8.87. The van der Waals surface area contributed by atoms with Gasteiger partial charge in [0.1, 0.15) is 6.10 Å². The van der Waals surface area contributed by atoms with Crippen molar-refractivity contribution in [3.8, 4) is 0 Å². The Balaban J connectivity index is 1.57. The number of hydrogen-bond acceptors (Lipinski definition) is 4. The van der Waals surface area contributed by atoms with Gasteiger partial charge >= 0.3 is 0 Å². The quantitative estimate of drug-likeness (QED) is 0.379. The summed E-state index contributed by atoms with van der Waals surface area (Å²) in [7, 11) is 0. The number of hydrogen-bond donors (Lipinski definition) is 0. The molecular formula is C30H33NO3. The maximum atomic E-state index is 12.8. The maximum absolute atomic E-state index is 12.8. The van der Waals surface area contributed by atoms with Gasteiger partial charge in [-0.05, 0) is 29.7 Å². The molecule has 1 aliphatic heterocycles. The van der Waals surface area contributed by atoms with Crippen molar-refractivity contribution in [2.24, 2.45) is 5.92 Å². The number of ether oxygens (including phenoxy) is 2. The molecule has 0 saturated carbocycles. The minimum Gasteiger partial charge on any atom is -0.374 e. The van der Waals surface area contributed by atoms with Crippen LogP contribution in [0.4, 0.5) is 0 Å². The predicted molar refractivity (Wildman–Crippen MR) is 135 cm³/mol.